The summed E-state index contributed by atoms with van der Waals surface area (Å²) < 4.78 is 9.55. The van der Waals surface area contributed by atoms with Crippen molar-refractivity contribution in [3.8, 4) is 6.07 Å². The van der Waals surface area contributed by atoms with Crippen LogP contribution in [-0.4, -0.2) is 22.3 Å². The highest BCUT2D eigenvalue weighted by atomic mass is 79.9. The maximum Gasteiger partial charge on any atom is 0.269 e. The van der Waals surface area contributed by atoms with E-state index in [1.807, 2.05) is 6.07 Å². The van der Waals surface area contributed by atoms with Crippen LogP contribution in [0.4, 0.5) is 11.4 Å². The summed E-state index contributed by atoms with van der Waals surface area (Å²) >= 11 is 3.33. The molecule has 122 valence electrons. The molecule has 2 aromatic carbocycles. The molecule has 0 bridgehead atoms. The van der Waals surface area contributed by atoms with Crippen LogP contribution in [0.1, 0.15) is 19.3 Å². The van der Waals surface area contributed by atoms with Gasteiger partial charge < -0.3 is 10.0 Å². The number of non-ortho nitro benzene ring substituents is 1. The van der Waals surface area contributed by atoms with Gasteiger partial charge >= 0.3 is 0 Å². The number of aliphatic hydroxyl groups is 1. The van der Waals surface area contributed by atoms with Crippen LogP contribution < -0.4 is 4.90 Å². The Hall–Kier alpha value is -2.43. The summed E-state index contributed by atoms with van der Waals surface area (Å²) in [5.41, 5.74) is 1.12. The van der Waals surface area contributed by atoms with Gasteiger partial charge in [-0.2, -0.15) is 5.26 Å². The van der Waals surface area contributed by atoms with E-state index >= 15 is 0 Å². The molecule has 1 aliphatic rings. The average Bonchev–Trinajstić information content (AvgIpc) is 2.87. The predicted molar refractivity (Wildman–Crippen MR) is 92.5 cm³/mol. The highest BCUT2D eigenvalue weighted by molar-refractivity contribution is 9.10. The Morgan fingerprint density at radius 1 is 1.29 bits per heavy atom. The minimum atomic E-state index is -1.72. The highest BCUT2D eigenvalue weighted by Crippen LogP contribution is 2.40. The number of nitrogens with zero attached hydrogens (tertiary/aromatic N) is 3. The van der Waals surface area contributed by atoms with Crippen LogP contribution in [0.15, 0.2) is 53.0 Å². The highest BCUT2D eigenvalue weighted by Gasteiger charge is 2.41. The van der Waals surface area contributed by atoms with Gasteiger partial charge in [0.05, 0.1) is 12.4 Å². The van der Waals surface area contributed by atoms with Gasteiger partial charge in [-0.1, -0.05) is 28.1 Å². The Morgan fingerprint density at radius 3 is 2.46 bits per heavy atom. The van der Waals surface area contributed by atoms with Gasteiger partial charge in [-0.25, -0.2) is 0 Å². The topological polar surface area (TPSA) is 90.4 Å². The van der Waals surface area contributed by atoms with Crippen LogP contribution in [0, 0.1) is 21.4 Å². The molecule has 0 amide bonds. The minimum absolute atomic E-state index is 0.0559. The Morgan fingerprint density at radius 2 is 1.92 bits per heavy atom. The summed E-state index contributed by atoms with van der Waals surface area (Å²) in [6, 6.07) is 13.1. The molecule has 0 spiro atoms. The first kappa shape index (κ1) is 15.1. The lowest BCUT2D eigenvalue weighted by Crippen LogP contribution is -2.36. The number of benzene rings is 2. The Bertz CT molecular complexity index is 838. The van der Waals surface area contributed by atoms with Crippen LogP contribution in [0.2, 0.25) is 0 Å². The molecular weight excluding hydrogens is 374 g/mol. The first-order valence-corrected chi connectivity index (χ1v) is 8.04. The van der Waals surface area contributed by atoms with Crippen molar-refractivity contribution in [1.82, 2.24) is 0 Å². The fraction of sp³-hybridized carbons (Fsp3) is 0.235. The third kappa shape index (κ3) is 2.98. The summed E-state index contributed by atoms with van der Waals surface area (Å²) in [7, 11) is 0. The van der Waals surface area contributed by atoms with E-state index in [9.17, 15) is 20.5 Å². The van der Waals surface area contributed by atoms with Gasteiger partial charge in [-0.3, -0.25) is 10.1 Å². The molecule has 2 aromatic rings. The fourth-order valence-electron chi connectivity index (χ4n) is 2.92. The molecular formula is C17H14BrN3O3. The van der Waals surface area contributed by atoms with E-state index in [0.717, 1.165) is 4.47 Å². The third-order valence-electron chi connectivity index (χ3n) is 4.06. The number of hydrogen-bond donors (Lipinski definition) is 1. The van der Waals surface area contributed by atoms with Gasteiger partial charge in [-0.05, 0) is 29.8 Å². The van der Waals surface area contributed by atoms with Crippen LogP contribution in [-0.2, 0) is 0 Å². The molecule has 1 fully saturated rings. The molecule has 6 nitrogen and oxygen atoms in total. The number of halogens is 1. The number of anilines is 1. The number of aliphatic hydroxyl groups excluding tert-OH is 1. The normalized spacial score (nSPS) is 26.7. The smallest absolute Gasteiger partial charge is 0.269 e. The Balaban J connectivity index is 2.00. The predicted octanol–water partition coefficient (Wildman–Crippen LogP) is 3.56. The van der Waals surface area contributed by atoms with Crippen molar-refractivity contribution in [1.29, 1.82) is 5.26 Å². The number of hydrogen-bond acceptors (Lipinski definition) is 5. The van der Waals surface area contributed by atoms with Gasteiger partial charge in [0.15, 0.2) is 0 Å². The summed E-state index contributed by atoms with van der Waals surface area (Å²) in [6.45, 7) is 0. The van der Waals surface area contributed by atoms with E-state index in [0.29, 0.717) is 11.3 Å². The molecule has 3 rings (SSSR count). The van der Waals surface area contributed by atoms with Crippen molar-refractivity contribution in [2.24, 2.45) is 0 Å². The average molecular weight is 389 g/mol. The summed E-state index contributed by atoms with van der Waals surface area (Å²) in [5.74, 6) is -0.600. The maximum atomic E-state index is 10.8. The van der Waals surface area contributed by atoms with E-state index in [4.69, 9.17) is 1.37 Å². The van der Waals surface area contributed by atoms with Crippen molar-refractivity contribution in [3.05, 3.63) is 68.7 Å². The van der Waals surface area contributed by atoms with Crippen molar-refractivity contribution < 1.29 is 11.4 Å². The van der Waals surface area contributed by atoms with E-state index in [-0.39, 0.29) is 12.1 Å². The zero-order valence-electron chi connectivity index (χ0n) is 13.5. The summed E-state index contributed by atoms with van der Waals surface area (Å²) in [5, 5.41) is 31.0. The fourth-order valence-corrected chi connectivity index (χ4v) is 3.19. The molecule has 0 saturated carbocycles. The SMILES string of the molecule is [2H]C1(C#N)C(c2ccc([N+](=O)[O-])cc2)CC(O)N1c1ccc(Br)cc1. The maximum absolute atomic E-state index is 10.8. The van der Waals surface area contributed by atoms with Gasteiger partial charge in [-0.15, -0.1) is 0 Å². The first-order valence-electron chi connectivity index (χ1n) is 7.75. The first-order chi connectivity index (χ1) is 11.9. The zero-order valence-corrected chi connectivity index (χ0v) is 14.0. The monoisotopic (exact) mass is 388 g/mol. The number of nitro benzene ring substituents is 1. The number of nitriles is 1. The molecule has 0 aromatic heterocycles. The van der Waals surface area contributed by atoms with Crippen molar-refractivity contribution in [2.45, 2.75) is 24.6 Å². The second kappa shape index (κ2) is 6.59. The van der Waals surface area contributed by atoms with Crippen LogP contribution in [0.3, 0.4) is 0 Å². The zero-order chi connectivity index (χ0) is 18.2. The van der Waals surface area contributed by atoms with E-state index in [2.05, 4.69) is 15.9 Å². The molecule has 1 aliphatic heterocycles. The van der Waals surface area contributed by atoms with Crippen molar-refractivity contribution >= 4 is 27.3 Å². The number of rotatable bonds is 3. The number of nitro groups is 1. The lowest BCUT2D eigenvalue weighted by Gasteiger charge is -2.27. The second-order valence-corrected chi connectivity index (χ2v) is 6.38. The van der Waals surface area contributed by atoms with Crippen molar-refractivity contribution in [3.63, 3.8) is 0 Å². The molecule has 0 aliphatic carbocycles. The van der Waals surface area contributed by atoms with Gasteiger partial charge in [0.1, 0.15) is 12.2 Å². The molecule has 7 heteroatoms. The van der Waals surface area contributed by atoms with E-state index < -0.39 is 23.1 Å². The molecule has 1 heterocycles. The third-order valence-corrected chi connectivity index (χ3v) is 4.59. The second-order valence-electron chi connectivity index (χ2n) is 5.46. The van der Waals surface area contributed by atoms with Crippen LogP contribution in [0.25, 0.3) is 0 Å². The van der Waals surface area contributed by atoms with Gasteiger partial charge in [0.25, 0.3) is 5.69 Å². The van der Waals surface area contributed by atoms with Crippen LogP contribution >= 0.6 is 15.9 Å². The van der Waals surface area contributed by atoms with E-state index in [1.54, 1.807) is 36.4 Å². The van der Waals surface area contributed by atoms with Gasteiger partial charge in [0, 0.05) is 34.6 Å². The van der Waals surface area contributed by atoms with Crippen molar-refractivity contribution in [2.75, 3.05) is 4.90 Å². The molecule has 1 saturated heterocycles. The lowest BCUT2D eigenvalue weighted by molar-refractivity contribution is -0.384. The summed E-state index contributed by atoms with van der Waals surface area (Å²) in [6.07, 6.45) is -0.816. The van der Waals surface area contributed by atoms with Gasteiger partial charge in [0.2, 0.25) is 0 Å². The minimum Gasteiger partial charge on any atom is -0.374 e. The lowest BCUT2D eigenvalue weighted by atomic mass is 9.92. The Labute approximate surface area is 148 Å². The molecule has 24 heavy (non-hydrogen) atoms. The molecule has 3 unspecified atom stereocenters. The molecule has 1 N–H and O–H groups in total. The molecule has 0 radical (unpaired) electrons. The standard InChI is InChI=1S/C17H14BrN3O3/c18-12-3-7-13(8-4-12)20-16(10-19)15(9-17(20)22)11-1-5-14(6-2-11)21(23)24/h1-8,15-17,22H,9H2/i16D. The summed E-state index contributed by atoms with van der Waals surface area (Å²) in [4.78, 5) is 11.7. The quantitative estimate of drug-likeness (QED) is 0.640. The van der Waals surface area contributed by atoms with Crippen LogP contribution in [0.5, 0.6) is 0 Å². The Kier molecular flexibility index (Phi) is 4.15. The largest absolute Gasteiger partial charge is 0.374 e. The van der Waals surface area contributed by atoms with E-state index in [1.165, 1.54) is 17.0 Å². The molecule has 3 atom stereocenters.